The normalized spacial score (nSPS) is 20.8. The molecule has 1 N–H and O–H groups in total. The van der Waals surface area contributed by atoms with E-state index >= 15 is 4.39 Å². The topological polar surface area (TPSA) is 59.0 Å². The lowest BCUT2D eigenvalue weighted by atomic mass is 9.82. The van der Waals surface area contributed by atoms with Gasteiger partial charge in [0.25, 0.3) is 0 Å². The Hall–Kier alpha value is -3.38. The molecule has 0 bridgehead atoms. The molecule has 0 aromatic heterocycles. The molecular weight excluding hydrogens is 517 g/mol. The molecule has 0 radical (unpaired) electrons. The molecule has 1 saturated carbocycles. The summed E-state index contributed by atoms with van der Waals surface area (Å²) in [6, 6.07) is 19.8. The molecule has 6 heteroatoms. The first kappa shape index (κ1) is 29.1. The van der Waals surface area contributed by atoms with Gasteiger partial charge < -0.3 is 14.6 Å². The molecule has 41 heavy (non-hydrogen) atoms. The Balaban J connectivity index is 1.41. The molecule has 2 aliphatic rings. The maximum Gasteiger partial charge on any atom is 0.303 e. The summed E-state index contributed by atoms with van der Waals surface area (Å²) in [6.07, 6.45) is 5.78. The van der Waals surface area contributed by atoms with Crippen molar-refractivity contribution in [2.75, 3.05) is 7.11 Å². The van der Waals surface area contributed by atoms with Gasteiger partial charge in [-0.15, -0.1) is 0 Å². The number of aliphatic carboxylic acids is 1. The molecule has 1 aliphatic carbocycles. The summed E-state index contributed by atoms with van der Waals surface area (Å²) in [5.41, 5.74) is 4.53. The molecule has 0 unspecified atom stereocenters. The smallest absolute Gasteiger partial charge is 0.303 e. The van der Waals surface area contributed by atoms with Gasteiger partial charge in [0, 0.05) is 24.2 Å². The van der Waals surface area contributed by atoms with Crippen LogP contribution in [0.3, 0.4) is 0 Å². The number of carbonyl (C=O) groups is 1. The minimum Gasteiger partial charge on any atom is -0.497 e. The molecular formula is C35H42FNO4. The van der Waals surface area contributed by atoms with E-state index < -0.39 is 5.97 Å². The maximum atomic E-state index is 15.1. The Kier molecular flexibility index (Phi) is 8.69. The lowest BCUT2D eigenvalue weighted by Gasteiger charge is -2.39. The van der Waals surface area contributed by atoms with Crippen LogP contribution < -0.4 is 9.47 Å². The van der Waals surface area contributed by atoms with E-state index in [2.05, 4.69) is 31.7 Å². The van der Waals surface area contributed by atoms with Crippen molar-refractivity contribution in [3.8, 4) is 22.6 Å². The number of piperidine rings is 1. The third-order valence-corrected chi connectivity index (χ3v) is 9.29. The monoisotopic (exact) mass is 559 g/mol. The summed E-state index contributed by atoms with van der Waals surface area (Å²) >= 11 is 0. The highest BCUT2D eigenvalue weighted by Gasteiger charge is 2.46. The molecule has 1 heterocycles. The highest BCUT2D eigenvalue weighted by atomic mass is 19.1. The number of rotatable bonds is 11. The Morgan fingerprint density at radius 3 is 2.46 bits per heavy atom. The number of hydrogen-bond donors (Lipinski definition) is 1. The van der Waals surface area contributed by atoms with Crippen LogP contribution in [0.15, 0.2) is 60.7 Å². The van der Waals surface area contributed by atoms with Gasteiger partial charge in [-0.1, -0.05) is 43.7 Å². The van der Waals surface area contributed by atoms with Crippen LogP contribution in [0.4, 0.5) is 4.39 Å². The van der Waals surface area contributed by atoms with Gasteiger partial charge in [-0.05, 0) is 103 Å². The first-order valence-corrected chi connectivity index (χ1v) is 14.8. The molecule has 5 rings (SSSR count). The van der Waals surface area contributed by atoms with Crippen molar-refractivity contribution >= 4 is 5.97 Å². The van der Waals surface area contributed by atoms with Crippen LogP contribution in [0.5, 0.6) is 11.5 Å². The third-order valence-electron chi connectivity index (χ3n) is 9.29. The largest absolute Gasteiger partial charge is 0.497 e. The Bertz CT molecular complexity index is 1370. The average molecular weight is 560 g/mol. The molecule has 0 amide bonds. The molecule has 218 valence electrons. The van der Waals surface area contributed by atoms with Crippen molar-refractivity contribution in [2.45, 2.75) is 90.4 Å². The molecule has 1 saturated heterocycles. The molecule has 1 aliphatic heterocycles. The van der Waals surface area contributed by atoms with Gasteiger partial charge in [0.05, 0.1) is 13.5 Å². The zero-order chi connectivity index (χ0) is 29.1. The minimum atomic E-state index is -0.771. The number of hydrogen-bond acceptors (Lipinski definition) is 4. The fourth-order valence-corrected chi connectivity index (χ4v) is 6.43. The zero-order valence-corrected chi connectivity index (χ0v) is 24.7. The van der Waals surface area contributed by atoms with E-state index in [0.717, 1.165) is 60.2 Å². The van der Waals surface area contributed by atoms with E-state index in [0.29, 0.717) is 30.0 Å². The highest BCUT2D eigenvalue weighted by Crippen LogP contribution is 2.57. The summed E-state index contributed by atoms with van der Waals surface area (Å²) < 4.78 is 26.8. The number of carboxylic acid groups (broad SMARTS) is 1. The second-order valence-corrected chi connectivity index (χ2v) is 12.3. The van der Waals surface area contributed by atoms with Crippen molar-refractivity contribution in [1.29, 1.82) is 0 Å². The molecule has 3 atom stereocenters. The molecule has 5 nitrogen and oxygen atoms in total. The van der Waals surface area contributed by atoms with Gasteiger partial charge in [0.1, 0.15) is 23.9 Å². The van der Waals surface area contributed by atoms with Crippen LogP contribution in [0.1, 0.15) is 81.9 Å². The molecule has 3 aromatic rings. The predicted octanol–water partition coefficient (Wildman–Crippen LogP) is 8.20. The standard InChI is InChI=1S/C35H42FNO4/c1-23-7-5-8-24(2)37(23)21-27-17-25(11-13-30(27)31-19-28(40-4)12-14-33(31)36)22-41-29-10-6-9-26(18-29)32(20-34(38)39)35(3)15-16-35/h6,9-14,17-19,23-24,32H,5,7-8,15-16,20-22H2,1-4H3,(H,38,39)/t23-,24-,32-/m0/s1. The first-order valence-electron chi connectivity index (χ1n) is 14.8. The van der Waals surface area contributed by atoms with Gasteiger partial charge >= 0.3 is 5.97 Å². The van der Waals surface area contributed by atoms with Gasteiger partial charge in [0.2, 0.25) is 0 Å². The summed E-state index contributed by atoms with van der Waals surface area (Å²) in [5, 5.41) is 9.52. The fraction of sp³-hybridized carbons (Fsp3) is 0.457. The van der Waals surface area contributed by atoms with E-state index in [1.165, 1.54) is 12.5 Å². The van der Waals surface area contributed by atoms with Crippen molar-refractivity contribution in [1.82, 2.24) is 4.90 Å². The first-order chi connectivity index (χ1) is 19.7. The molecule has 0 spiro atoms. The van der Waals surface area contributed by atoms with Crippen molar-refractivity contribution in [3.63, 3.8) is 0 Å². The second kappa shape index (κ2) is 12.2. The number of methoxy groups -OCH3 is 1. The second-order valence-electron chi connectivity index (χ2n) is 12.3. The van der Waals surface area contributed by atoms with Gasteiger partial charge in [-0.25, -0.2) is 4.39 Å². The quantitative estimate of drug-likeness (QED) is 0.257. The Morgan fingerprint density at radius 2 is 1.78 bits per heavy atom. The summed E-state index contributed by atoms with van der Waals surface area (Å²) in [4.78, 5) is 14.1. The SMILES string of the molecule is COc1ccc(F)c(-c2ccc(COc3cccc([C@H](CC(=O)O)C4(C)CC4)c3)cc2CN2[C@@H](C)CCC[C@@H]2C)c1. The maximum absolute atomic E-state index is 15.1. The van der Waals surface area contributed by atoms with E-state index in [1.54, 1.807) is 19.2 Å². The summed E-state index contributed by atoms with van der Waals surface area (Å²) in [5.74, 6) is 0.283. The number of carboxylic acids is 1. The number of benzene rings is 3. The Morgan fingerprint density at radius 1 is 1.02 bits per heavy atom. The van der Waals surface area contributed by atoms with E-state index in [4.69, 9.17) is 9.47 Å². The number of ether oxygens (including phenoxy) is 2. The van der Waals surface area contributed by atoms with Crippen molar-refractivity contribution in [2.24, 2.45) is 5.41 Å². The van der Waals surface area contributed by atoms with Gasteiger partial charge in [0.15, 0.2) is 0 Å². The number of nitrogens with zero attached hydrogens (tertiary/aromatic N) is 1. The number of halogens is 1. The molecule has 3 aromatic carbocycles. The highest BCUT2D eigenvalue weighted by molar-refractivity contribution is 5.70. The van der Waals surface area contributed by atoms with Crippen LogP contribution in [0.25, 0.3) is 11.1 Å². The van der Waals surface area contributed by atoms with Crippen LogP contribution in [-0.4, -0.2) is 35.2 Å². The predicted molar refractivity (Wildman–Crippen MR) is 160 cm³/mol. The fourth-order valence-electron chi connectivity index (χ4n) is 6.43. The van der Waals surface area contributed by atoms with E-state index in [1.807, 2.05) is 36.4 Å². The molecule has 2 fully saturated rings. The summed E-state index contributed by atoms with van der Waals surface area (Å²) in [7, 11) is 1.60. The summed E-state index contributed by atoms with van der Waals surface area (Å²) in [6.45, 7) is 7.82. The van der Waals surface area contributed by atoms with Crippen molar-refractivity contribution in [3.05, 3.63) is 83.2 Å². The number of likely N-dealkylation sites (tertiary alicyclic amines) is 1. The zero-order valence-electron chi connectivity index (χ0n) is 24.7. The average Bonchev–Trinajstić information content (AvgIpc) is 3.71. The van der Waals surface area contributed by atoms with Gasteiger partial charge in [-0.3, -0.25) is 9.69 Å². The lowest BCUT2D eigenvalue weighted by Crippen LogP contribution is -2.43. The lowest BCUT2D eigenvalue weighted by molar-refractivity contribution is -0.137. The van der Waals surface area contributed by atoms with Crippen LogP contribution in [0.2, 0.25) is 0 Å². The Labute approximate surface area is 243 Å². The van der Waals surface area contributed by atoms with Gasteiger partial charge in [-0.2, -0.15) is 0 Å². The van der Waals surface area contributed by atoms with E-state index in [-0.39, 0.29) is 23.6 Å². The van der Waals surface area contributed by atoms with Crippen molar-refractivity contribution < 1.29 is 23.8 Å². The van der Waals surface area contributed by atoms with Crippen LogP contribution in [0, 0.1) is 11.2 Å². The minimum absolute atomic E-state index is 0.0271. The van der Waals surface area contributed by atoms with E-state index in [9.17, 15) is 9.90 Å². The van der Waals surface area contributed by atoms with Crippen LogP contribution >= 0.6 is 0 Å². The third kappa shape index (κ3) is 6.75. The van der Waals surface area contributed by atoms with Crippen LogP contribution in [-0.2, 0) is 17.9 Å².